The second kappa shape index (κ2) is 10.6. The number of likely N-dealkylation sites (N-methyl/N-ethyl adjacent to an activating group) is 1. The summed E-state index contributed by atoms with van der Waals surface area (Å²) in [6.45, 7) is 0.783. The van der Waals surface area contributed by atoms with Gasteiger partial charge < -0.3 is 25.4 Å². The molecule has 3 rings (SSSR count). The van der Waals surface area contributed by atoms with Gasteiger partial charge in [0.15, 0.2) is 0 Å². The van der Waals surface area contributed by atoms with Gasteiger partial charge in [-0.15, -0.1) is 0 Å². The Labute approximate surface area is 189 Å². The lowest BCUT2D eigenvalue weighted by atomic mass is 10.3. The van der Waals surface area contributed by atoms with Crippen molar-refractivity contribution in [3.63, 3.8) is 0 Å². The minimum absolute atomic E-state index is 0.235. The molecule has 30 heavy (non-hydrogen) atoms. The number of hydrogen-bond donors (Lipinski definition) is 3. The summed E-state index contributed by atoms with van der Waals surface area (Å²) < 4.78 is 6.35. The van der Waals surface area contributed by atoms with Gasteiger partial charge in [-0.1, -0.05) is 17.7 Å². The first-order valence-corrected chi connectivity index (χ1v) is 10.4. The maximum absolute atomic E-state index is 9.89. The fourth-order valence-electron chi connectivity index (χ4n) is 2.65. The molecular formula is C21H23BrClN5O2. The minimum atomic E-state index is -0.542. The Morgan fingerprint density at radius 2 is 1.90 bits per heavy atom. The fraction of sp³-hybridized carbons (Fsp3) is 0.238. The smallest absolute Gasteiger partial charge is 0.229 e. The summed E-state index contributed by atoms with van der Waals surface area (Å²) in [5.41, 5.74) is 1.64. The molecule has 9 heteroatoms. The quantitative estimate of drug-likeness (QED) is 0.400. The van der Waals surface area contributed by atoms with Crippen LogP contribution in [0.4, 0.5) is 23.1 Å². The molecule has 3 N–H and O–H groups in total. The third-order valence-corrected chi connectivity index (χ3v) is 4.78. The van der Waals surface area contributed by atoms with Gasteiger partial charge in [0.2, 0.25) is 5.95 Å². The maximum atomic E-state index is 9.89. The lowest BCUT2D eigenvalue weighted by Crippen LogP contribution is -2.30. The predicted octanol–water partition coefficient (Wildman–Crippen LogP) is 4.68. The van der Waals surface area contributed by atoms with Crippen molar-refractivity contribution in [3.8, 4) is 5.75 Å². The van der Waals surface area contributed by atoms with Gasteiger partial charge >= 0.3 is 0 Å². The Balaban J connectivity index is 1.62. The number of aliphatic hydroxyl groups excluding tert-OH is 1. The van der Waals surface area contributed by atoms with E-state index in [0.29, 0.717) is 29.1 Å². The van der Waals surface area contributed by atoms with Crippen molar-refractivity contribution in [2.24, 2.45) is 0 Å². The average molecular weight is 493 g/mol. The van der Waals surface area contributed by atoms with Crippen LogP contribution in [0.5, 0.6) is 5.75 Å². The molecule has 7 nitrogen and oxygen atoms in total. The Bertz CT molecular complexity index is 972. The van der Waals surface area contributed by atoms with Crippen LogP contribution in [-0.4, -0.2) is 53.3 Å². The largest absolute Gasteiger partial charge is 0.491 e. The third kappa shape index (κ3) is 6.84. The van der Waals surface area contributed by atoms with Crippen molar-refractivity contribution in [1.82, 2.24) is 14.9 Å². The molecule has 0 aliphatic carbocycles. The normalized spacial score (nSPS) is 11.9. The highest BCUT2D eigenvalue weighted by atomic mass is 79.9. The number of anilines is 4. The van der Waals surface area contributed by atoms with E-state index >= 15 is 0 Å². The number of rotatable bonds is 9. The molecule has 0 fully saturated rings. The summed E-state index contributed by atoms with van der Waals surface area (Å²) in [7, 11) is 3.81. The van der Waals surface area contributed by atoms with Gasteiger partial charge in [-0.3, -0.25) is 0 Å². The van der Waals surface area contributed by atoms with Crippen LogP contribution in [0.15, 0.2) is 59.2 Å². The molecule has 0 saturated carbocycles. The van der Waals surface area contributed by atoms with Crippen molar-refractivity contribution in [1.29, 1.82) is 0 Å². The summed E-state index contributed by atoms with van der Waals surface area (Å²) in [4.78, 5) is 10.7. The number of ether oxygens (including phenoxy) is 1. The molecule has 0 bridgehead atoms. The third-order valence-electron chi connectivity index (χ3n) is 3.96. The fourth-order valence-corrected chi connectivity index (χ4v) is 3.13. The van der Waals surface area contributed by atoms with E-state index in [2.05, 4.69) is 36.5 Å². The Hall–Kier alpha value is -2.39. The Morgan fingerprint density at radius 3 is 2.60 bits per heavy atom. The zero-order valence-electron chi connectivity index (χ0n) is 16.6. The highest BCUT2D eigenvalue weighted by Gasteiger charge is 2.08. The molecule has 2 aromatic carbocycles. The van der Waals surface area contributed by atoms with Gasteiger partial charge in [-0.05, 0) is 72.5 Å². The van der Waals surface area contributed by atoms with Crippen LogP contribution in [0.2, 0.25) is 5.02 Å². The summed E-state index contributed by atoms with van der Waals surface area (Å²) in [5, 5.41) is 16.9. The predicted molar refractivity (Wildman–Crippen MR) is 124 cm³/mol. The molecule has 0 saturated heterocycles. The molecular weight excluding hydrogens is 470 g/mol. The van der Waals surface area contributed by atoms with Crippen LogP contribution in [0.25, 0.3) is 0 Å². The van der Waals surface area contributed by atoms with E-state index in [1.807, 2.05) is 67.5 Å². The SMILES string of the molecule is CN(C)CC(O)COc1ccc(Nc2ncc(Br)c(Nc3cccc(Cl)c3)n2)cc1. The molecule has 158 valence electrons. The van der Waals surface area contributed by atoms with E-state index in [1.165, 1.54) is 0 Å². The molecule has 1 aromatic heterocycles. The Morgan fingerprint density at radius 1 is 1.13 bits per heavy atom. The average Bonchev–Trinajstić information content (AvgIpc) is 2.69. The number of aliphatic hydroxyl groups is 1. The first-order chi connectivity index (χ1) is 14.4. The van der Waals surface area contributed by atoms with Gasteiger partial charge in [0.25, 0.3) is 0 Å². The summed E-state index contributed by atoms with van der Waals surface area (Å²) in [6, 6.07) is 14.8. The van der Waals surface area contributed by atoms with Crippen LogP contribution >= 0.6 is 27.5 Å². The van der Waals surface area contributed by atoms with Crippen molar-refractivity contribution in [2.45, 2.75) is 6.10 Å². The van der Waals surface area contributed by atoms with Crippen LogP contribution < -0.4 is 15.4 Å². The first kappa shape index (κ1) is 22.3. The second-order valence-electron chi connectivity index (χ2n) is 6.90. The zero-order chi connectivity index (χ0) is 21.5. The van der Waals surface area contributed by atoms with E-state index in [9.17, 15) is 5.11 Å². The molecule has 0 spiro atoms. The van der Waals surface area contributed by atoms with Gasteiger partial charge in [-0.2, -0.15) is 4.98 Å². The molecule has 0 amide bonds. The molecule has 0 aliphatic heterocycles. The molecule has 0 aliphatic rings. The van der Waals surface area contributed by atoms with Crippen molar-refractivity contribution in [2.75, 3.05) is 37.9 Å². The van der Waals surface area contributed by atoms with Gasteiger partial charge in [0.05, 0.1) is 4.47 Å². The number of halogens is 2. The van der Waals surface area contributed by atoms with Gasteiger partial charge in [-0.25, -0.2) is 4.98 Å². The molecule has 3 aromatic rings. The van der Waals surface area contributed by atoms with E-state index in [1.54, 1.807) is 6.20 Å². The lowest BCUT2D eigenvalue weighted by molar-refractivity contribution is 0.0831. The van der Waals surface area contributed by atoms with Crippen molar-refractivity contribution in [3.05, 3.63) is 64.2 Å². The standard InChI is InChI=1S/C21H23BrClN5O2/c1-28(2)12-17(29)13-30-18-8-6-15(7-9-18)26-21-24-11-19(22)20(27-21)25-16-5-3-4-14(23)10-16/h3-11,17,29H,12-13H2,1-2H3,(H2,24,25,26,27). The summed E-state index contributed by atoms with van der Waals surface area (Å²) in [6.07, 6.45) is 1.13. The first-order valence-electron chi connectivity index (χ1n) is 9.27. The van der Waals surface area contributed by atoms with Crippen LogP contribution in [0.1, 0.15) is 0 Å². The monoisotopic (exact) mass is 491 g/mol. The number of benzene rings is 2. The highest BCUT2D eigenvalue weighted by molar-refractivity contribution is 9.10. The number of hydrogen-bond acceptors (Lipinski definition) is 7. The van der Waals surface area contributed by atoms with Crippen molar-refractivity contribution < 1.29 is 9.84 Å². The highest BCUT2D eigenvalue weighted by Crippen LogP contribution is 2.27. The van der Waals surface area contributed by atoms with E-state index in [-0.39, 0.29) is 6.61 Å². The maximum Gasteiger partial charge on any atom is 0.229 e. The van der Waals surface area contributed by atoms with Crippen molar-refractivity contribution >= 4 is 50.7 Å². The Kier molecular flexibility index (Phi) is 7.87. The lowest BCUT2D eigenvalue weighted by Gasteiger charge is -2.16. The number of nitrogens with one attached hydrogen (secondary N) is 2. The summed E-state index contributed by atoms with van der Waals surface area (Å²) in [5.74, 6) is 1.74. The minimum Gasteiger partial charge on any atom is -0.491 e. The second-order valence-corrected chi connectivity index (χ2v) is 8.19. The molecule has 1 heterocycles. The van der Waals surface area contributed by atoms with Crippen LogP contribution in [0, 0.1) is 0 Å². The zero-order valence-corrected chi connectivity index (χ0v) is 19.0. The summed E-state index contributed by atoms with van der Waals surface area (Å²) >= 11 is 9.50. The van der Waals surface area contributed by atoms with Crippen LogP contribution in [0.3, 0.4) is 0 Å². The van der Waals surface area contributed by atoms with Crippen LogP contribution in [-0.2, 0) is 0 Å². The molecule has 1 atom stereocenters. The van der Waals surface area contributed by atoms with E-state index in [4.69, 9.17) is 16.3 Å². The van der Waals surface area contributed by atoms with E-state index in [0.717, 1.165) is 15.8 Å². The topological polar surface area (TPSA) is 82.5 Å². The van der Waals surface area contributed by atoms with Gasteiger partial charge in [0.1, 0.15) is 24.3 Å². The number of aromatic nitrogens is 2. The van der Waals surface area contributed by atoms with E-state index < -0.39 is 6.10 Å². The molecule has 0 radical (unpaired) electrons. The molecule has 1 unspecified atom stereocenters. The number of nitrogens with zero attached hydrogens (tertiary/aromatic N) is 3. The van der Waals surface area contributed by atoms with Gasteiger partial charge in [0, 0.05) is 29.1 Å².